The molecule has 0 aliphatic carbocycles. The largest absolute Gasteiger partial charge is 0.474 e. The first-order valence-corrected chi connectivity index (χ1v) is 13.9. The normalized spacial score (nSPS) is 17.0. The first-order chi connectivity index (χ1) is 13.9. The van der Waals surface area contributed by atoms with Crippen LogP contribution in [0.5, 0.6) is 0 Å². The van der Waals surface area contributed by atoms with Crippen LogP contribution in [0.3, 0.4) is 0 Å². The second-order valence-electron chi connectivity index (χ2n) is 8.97. The molecule has 0 amide bonds. The molecule has 0 saturated carbocycles. The molecule has 0 saturated heterocycles. The average Bonchev–Trinajstić information content (AvgIpc) is 2.72. The molecular formula is C24H51O4P. The highest BCUT2D eigenvalue weighted by Gasteiger charge is 2.26. The zero-order valence-corrected chi connectivity index (χ0v) is 21.3. The molecule has 0 heterocycles. The standard InChI is InChI=1S/C24H51O4P/c1-7-22(4)16-10-13-19-26-29(25,27-20-14-11-17-23(5)8-2)28-21-15-12-18-24(6)9-3/h22-24H,7-21H2,1-6H3. The summed E-state index contributed by atoms with van der Waals surface area (Å²) in [6.45, 7) is 14.8. The van der Waals surface area contributed by atoms with Crippen LogP contribution in [0.2, 0.25) is 0 Å². The predicted octanol–water partition coefficient (Wildman–Crippen LogP) is 8.79. The van der Waals surface area contributed by atoms with Gasteiger partial charge in [-0.05, 0) is 37.0 Å². The van der Waals surface area contributed by atoms with E-state index in [0.717, 1.165) is 56.3 Å². The Morgan fingerprint density at radius 3 is 1.07 bits per heavy atom. The summed E-state index contributed by atoms with van der Waals surface area (Å²) in [6, 6.07) is 0. The van der Waals surface area contributed by atoms with Crippen molar-refractivity contribution in [2.24, 2.45) is 17.8 Å². The van der Waals surface area contributed by atoms with Gasteiger partial charge >= 0.3 is 7.82 Å². The van der Waals surface area contributed by atoms with E-state index >= 15 is 0 Å². The predicted molar refractivity (Wildman–Crippen MR) is 125 cm³/mol. The van der Waals surface area contributed by atoms with Crippen LogP contribution in [0.15, 0.2) is 0 Å². The minimum atomic E-state index is -3.43. The summed E-state index contributed by atoms with van der Waals surface area (Å²) >= 11 is 0. The van der Waals surface area contributed by atoms with Gasteiger partial charge in [-0.1, -0.05) is 99.3 Å². The number of hydrogen-bond acceptors (Lipinski definition) is 4. The lowest BCUT2D eigenvalue weighted by Gasteiger charge is -2.19. The summed E-state index contributed by atoms with van der Waals surface area (Å²) in [5.41, 5.74) is 0. The highest BCUT2D eigenvalue weighted by Crippen LogP contribution is 2.50. The number of phosphoric acid groups is 1. The number of hydrogen-bond donors (Lipinski definition) is 0. The van der Waals surface area contributed by atoms with Gasteiger partial charge in [0.15, 0.2) is 0 Å². The molecular weight excluding hydrogens is 383 g/mol. The Bertz CT molecular complexity index is 345. The molecule has 0 rings (SSSR count). The Hall–Kier alpha value is 0.110. The molecule has 0 bridgehead atoms. The van der Waals surface area contributed by atoms with Crippen molar-refractivity contribution in [2.75, 3.05) is 19.8 Å². The SMILES string of the molecule is CCC(C)CCCCOP(=O)(OCCCCC(C)CC)OCCCCC(C)CC. The second kappa shape index (κ2) is 18.8. The van der Waals surface area contributed by atoms with Crippen molar-refractivity contribution in [1.82, 2.24) is 0 Å². The molecule has 0 N–H and O–H groups in total. The minimum absolute atomic E-state index is 0.452. The van der Waals surface area contributed by atoms with Gasteiger partial charge in [0.25, 0.3) is 0 Å². The zero-order chi connectivity index (χ0) is 22.0. The molecule has 0 aromatic rings. The summed E-state index contributed by atoms with van der Waals surface area (Å²) in [7, 11) is -3.43. The Labute approximate surface area is 182 Å². The van der Waals surface area contributed by atoms with Crippen LogP contribution < -0.4 is 0 Å². The molecule has 3 unspecified atom stereocenters. The van der Waals surface area contributed by atoms with E-state index in [1.165, 1.54) is 38.5 Å². The van der Waals surface area contributed by atoms with Crippen molar-refractivity contribution in [1.29, 1.82) is 0 Å². The summed E-state index contributed by atoms with van der Waals surface area (Å²) < 4.78 is 30.0. The van der Waals surface area contributed by atoms with E-state index < -0.39 is 7.82 Å². The van der Waals surface area contributed by atoms with Gasteiger partial charge < -0.3 is 0 Å². The topological polar surface area (TPSA) is 44.8 Å². The average molecular weight is 435 g/mol. The molecule has 176 valence electrons. The van der Waals surface area contributed by atoms with Gasteiger partial charge in [-0.3, -0.25) is 13.6 Å². The first-order valence-electron chi connectivity index (χ1n) is 12.4. The summed E-state index contributed by atoms with van der Waals surface area (Å²) in [6.07, 6.45) is 13.2. The van der Waals surface area contributed by atoms with Gasteiger partial charge in [-0.15, -0.1) is 0 Å². The van der Waals surface area contributed by atoms with E-state index in [2.05, 4.69) is 41.5 Å². The molecule has 29 heavy (non-hydrogen) atoms. The molecule has 0 spiro atoms. The second-order valence-corrected chi connectivity index (χ2v) is 10.6. The molecule has 0 aliphatic heterocycles. The van der Waals surface area contributed by atoms with Crippen molar-refractivity contribution in [3.63, 3.8) is 0 Å². The van der Waals surface area contributed by atoms with Crippen LogP contribution in [0.1, 0.15) is 119 Å². The van der Waals surface area contributed by atoms with E-state index in [-0.39, 0.29) is 0 Å². The van der Waals surface area contributed by atoms with Crippen molar-refractivity contribution < 1.29 is 18.1 Å². The quantitative estimate of drug-likeness (QED) is 0.134. The van der Waals surface area contributed by atoms with E-state index in [9.17, 15) is 4.57 Å². The van der Waals surface area contributed by atoms with Crippen LogP contribution in [0, 0.1) is 17.8 Å². The summed E-state index contributed by atoms with van der Waals surface area (Å²) in [5.74, 6) is 2.22. The Morgan fingerprint density at radius 2 is 0.828 bits per heavy atom. The van der Waals surface area contributed by atoms with Gasteiger partial charge in [0, 0.05) is 0 Å². The molecule has 0 aromatic heterocycles. The van der Waals surface area contributed by atoms with Crippen LogP contribution in [-0.4, -0.2) is 19.8 Å². The summed E-state index contributed by atoms with van der Waals surface area (Å²) in [5, 5.41) is 0. The molecule has 0 radical (unpaired) electrons. The van der Waals surface area contributed by atoms with Crippen molar-refractivity contribution in [2.45, 2.75) is 119 Å². The highest BCUT2D eigenvalue weighted by molar-refractivity contribution is 7.48. The van der Waals surface area contributed by atoms with Gasteiger partial charge in [0.2, 0.25) is 0 Å². The van der Waals surface area contributed by atoms with Crippen molar-refractivity contribution >= 4 is 7.82 Å². The Balaban J connectivity index is 4.24. The number of phosphoric ester groups is 1. The maximum Gasteiger partial charge on any atom is 0.474 e. The Kier molecular flexibility index (Phi) is 18.9. The summed E-state index contributed by atoms with van der Waals surface area (Å²) in [4.78, 5) is 0. The molecule has 0 aromatic carbocycles. The lowest BCUT2D eigenvalue weighted by molar-refractivity contribution is 0.108. The number of unbranched alkanes of at least 4 members (excludes halogenated alkanes) is 3. The fourth-order valence-corrected chi connectivity index (χ4v) is 4.32. The van der Waals surface area contributed by atoms with Gasteiger partial charge in [0.05, 0.1) is 19.8 Å². The van der Waals surface area contributed by atoms with Crippen molar-refractivity contribution in [3.05, 3.63) is 0 Å². The Morgan fingerprint density at radius 1 is 0.552 bits per heavy atom. The maximum atomic E-state index is 13.0. The lowest BCUT2D eigenvalue weighted by Crippen LogP contribution is -2.05. The molecule has 3 atom stereocenters. The fourth-order valence-electron chi connectivity index (χ4n) is 3.04. The molecule has 4 nitrogen and oxygen atoms in total. The third-order valence-corrected chi connectivity index (χ3v) is 7.61. The third-order valence-electron chi connectivity index (χ3n) is 6.11. The molecule has 5 heteroatoms. The van der Waals surface area contributed by atoms with Gasteiger partial charge in [-0.2, -0.15) is 0 Å². The molecule has 0 fully saturated rings. The monoisotopic (exact) mass is 434 g/mol. The van der Waals surface area contributed by atoms with Crippen LogP contribution in [0.25, 0.3) is 0 Å². The van der Waals surface area contributed by atoms with Crippen LogP contribution in [0.4, 0.5) is 0 Å². The van der Waals surface area contributed by atoms with E-state index in [0.29, 0.717) is 19.8 Å². The zero-order valence-electron chi connectivity index (χ0n) is 20.4. The molecule has 0 aliphatic rings. The highest BCUT2D eigenvalue weighted by atomic mass is 31.2. The van der Waals surface area contributed by atoms with Gasteiger partial charge in [0.1, 0.15) is 0 Å². The lowest BCUT2D eigenvalue weighted by atomic mass is 10.0. The van der Waals surface area contributed by atoms with Crippen LogP contribution in [-0.2, 0) is 18.1 Å². The fraction of sp³-hybridized carbons (Fsp3) is 1.00. The maximum absolute atomic E-state index is 13.0. The van der Waals surface area contributed by atoms with Crippen molar-refractivity contribution in [3.8, 4) is 0 Å². The third kappa shape index (κ3) is 17.5. The van der Waals surface area contributed by atoms with E-state index in [1.54, 1.807) is 0 Å². The smallest absolute Gasteiger partial charge is 0.287 e. The number of rotatable bonds is 21. The first kappa shape index (κ1) is 29.1. The van der Waals surface area contributed by atoms with Crippen LogP contribution >= 0.6 is 7.82 Å². The van der Waals surface area contributed by atoms with Gasteiger partial charge in [-0.25, -0.2) is 4.57 Å². The minimum Gasteiger partial charge on any atom is -0.287 e. The van der Waals surface area contributed by atoms with E-state index in [1.807, 2.05) is 0 Å². The van der Waals surface area contributed by atoms with E-state index in [4.69, 9.17) is 13.6 Å².